The molecule has 0 aliphatic heterocycles. The van der Waals surface area contributed by atoms with Crippen molar-refractivity contribution in [1.29, 1.82) is 0 Å². The number of rotatable bonds is 4. The highest BCUT2D eigenvalue weighted by molar-refractivity contribution is 6.32. The number of nitrogens with zero attached hydrogens (tertiary/aromatic N) is 2. The smallest absolute Gasteiger partial charge is 0.287 e. The summed E-state index contributed by atoms with van der Waals surface area (Å²) in [4.78, 5) is 12.0. The first-order valence-electron chi connectivity index (χ1n) is 6.52. The van der Waals surface area contributed by atoms with Crippen LogP contribution in [0.2, 0.25) is 5.02 Å². The minimum absolute atomic E-state index is 0.0976. The van der Waals surface area contributed by atoms with Crippen LogP contribution in [-0.4, -0.2) is 21.9 Å². The fraction of sp³-hybridized carbons (Fsp3) is 0.538. The van der Waals surface area contributed by atoms with Crippen LogP contribution in [-0.2, 0) is 6.54 Å². The van der Waals surface area contributed by atoms with Gasteiger partial charge in [-0.3, -0.25) is 4.79 Å². The van der Waals surface area contributed by atoms with Crippen LogP contribution in [0.15, 0.2) is 23.6 Å². The number of hydrogen-bond donors (Lipinski definition) is 2. The molecule has 1 aliphatic carbocycles. The first-order valence-corrected chi connectivity index (χ1v) is 6.90. The Labute approximate surface area is 117 Å². The SMILES string of the molecule is C=CCn1ncc(NC2CCCCC2N)c(Cl)c1=O. The minimum atomic E-state index is -0.309. The van der Waals surface area contributed by atoms with Gasteiger partial charge in [-0.05, 0) is 12.8 Å². The zero-order chi connectivity index (χ0) is 13.8. The van der Waals surface area contributed by atoms with Crippen LogP contribution in [0.3, 0.4) is 0 Å². The van der Waals surface area contributed by atoms with E-state index in [1.165, 1.54) is 4.68 Å². The van der Waals surface area contributed by atoms with Crippen molar-refractivity contribution in [3.8, 4) is 0 Å². The van der Waals surface area contributed by atoms with Gasteiger partial charge in [0.25, 0.3) is 5.56 Å². The molecule has 0 radical (unpaired) electrons. The van der Waals surface area contributed by atoms with Gasteiger partial charge >= 0.3 is 0 Å². The number of allylic oxidation sites excluding steroid dienone is 1. The Bertz CT molecular complexity index is 514. The van der Waals surface area contributed by atoms with Crippen LogP contribution in [0, 0.1) is 0 Å². The molecule has 3 N–H and O–H groups in total. The Hall–Kier alpha value is -1.33. The number of halogens is 1. The Balaban J connectivity index is 2.19. The van der Waals surface area contributed by atoms with Gasteiger partial charge in [-0.15, -0.1) is 6.58 Å². The third-order valence-corrected chi connectivity index (χ3v) is 3.81. The third-order valence-electron chi connectivity index (χ3n) is 3.45. The minimum Gasteiger partial charge on any atom is -0.378 e. The predicted octanol–water partition coefficient (Wildman–Crippen LogP) is 1.76. The van der Waals surface area contributed by atoms with Gasteiger partial charge in [-0.1, -0.05) is 30.5 Å². The summed E-state index contributed by atoms with van der Waals surface area (Å²) in [5, 5.41) is 7.48. The molecule has 0 aromatic carbocycles. The molecular formula is C13H19ClN4O. The fourth-order valence-electron chi connectivity index (χ4n) is 2.36. The number of anilines is 1. The van der Waals surface area contributed by atoms with Gasteiger partial charge in [0, 0.05) is 12.1 Å². The molecule has 0 amide bonds. The van der Waals surface area contributed by atoms with Crippen molar-refractivity contribution < 1.29 is 0 Å². The van der Waals surface area contributed by atoms with Gasteiger partial charge in [0.05, 0.1) is 18.4 Å². The van der Waals surface area contributed by atoms with E-state index < -0.39 is 0 Å². The van der Waals surface area contributed by atoms with Crippen LogP contribution in [0.4, 0.5) is 5.69 Å². The summed E-state index contributed by atoms with van der Waals surface area (Å²) in [5.41, 5.74) is 6.32. The summed E-state index contributed by atoms with van der Waals surface area (Å²) >= 11 is 6.09. The molecule has 1 fully saturated rings. The second-order valence-electron chi connectivity index (χ2n) is 4.85. The Kier molecular flexibility index (Phi) is 4.61. The molecule has 104 valence electrons. The molecule has 1 aliphatic rings. The molecule has 5 nitrogen and oxygen atoms in total. The predicted molar refractivity (Wildman–Crippen MR) is 77.6 cm³/mol. The van der Waals surface area contributed by atoms with E-state index in [1.807, 2.05) is 0 Å². The summed E-state index contributed by atoms with van der Waals surface area (Å²) < 4.78 is 1.28. The number of aromatic nitrogens is 2. The zero-order valence-corrected chi connectivity index (χ0v) is 11.6. The van der Waals surface area contributed by atoms with Crippen molar-refractivity contribution in [2.24, 2.45) is 5.73 Å². The van der Waals surface area contributed by atoms with E-state index in [1.54, 1.807) is 12.3 Å². The van der Waals surface area contributed by atoms with Gasteiger partial charge in [-0.25, -0.2) is 4.68 Å². The molecule has 2 atom stereocenters. The summed E-state index contributed by atoms with van der Waals surface area (Å²) in [6.45, 7) is 3.93. The number of nitrogens with two attached hydrogens (primary N) is 1. The van der Waals surface area contributed by atoms with E-state index in [2.05, 4.69) is 17.0 Å². The lowest BCUT2D eigenvalue weighted by Gasteiger charge is -2.30. The maximum atomic E-state index is 12.0. The largest absolute Gasteiger partial charge is 0.378 e. The van der Waals surface area contributed by atoms with Gasteiger partial charge < -0.3 is 11.1 Å². The molecule has 1 saturated carbocycles. The average molecular weight is 283 g/mol. The van der Waals surface area contributed by atoms with Crippen LogP contribution >= 0.6 is 11.6 Å². The van der Waals surface area contributed by atoms with E-state index in [4.69, 9.17) is 17.3 Å². The third kappa shape index (κ3) is 3.16. The first kappa shape index (κ1) is 14.1. The maximum Gasteiger partial charge on any atom is 0.287 e. The van der Waals surface area contributed by atoms with Crippen molar-refractivity contribution in [3.05, 3.63) is 34.2 Å². The quantitative estimate of drug-likeness (QED) is 0.826. The van der Waals surface area contributed by atoms with Crippen molar-refractivity contribution >= 4 is 17.3 Å². The summed E-state index contributed by atoms with van der Waals surface area (Å²) in [6, 6.07) is 0.253. The molecule has 2 rings (SSSR count). The molecule has 1 aromatic rings. The molecule has 0 bridgehead atoms. The molecule has 2 unspecified atom stereocenters. The first-order chi connectivity index (χ1) is 9.13. The van der Waals surface area contributed by atoms with Crippen molar-refractivity contribution in [1.82, 2.24) is 9.78 Å². The van der Waals surface area contributed by atoms with E-state index >= 15 is 0 Å². The van der Waals surface area contributed by atoms with Gasteiger partial charge in [0.1, 0.15) is 5.02 Å². The highest BCUT2D eigenvalue weighted by Crippen LogP contribution is 2.23. The zero-order valence-electron chi connectivity index (χ0n) is 10.8. The Morgan fingerprint density at radius 3 is 3.00 bits per heavy atom. The van der Waals surface area contributed by atoms with E-state index in [0.29, 0.717) is 12.2 Å². The summed E-state index contributed by atoms with van der Waals surface area (Å²) in [5.74, 6) is 0. The van der Waals surface area contributed by atoms with Gasteiger partial charge in [0.2, 0.25) is 0 Å². The topological polar surface area (TPSA) is 72.9 Å². The lowest BCUT2D eigenvalue weighted by Crippen LogP contribution is -2.43. The summed E-state index contributed by atoms with van der Waals surface area (Å²) in [6.07, 6.45) is 7.48. The monoisotopic (exact) mass is 282 g/mol. The molecule has 19 heavy (non-hydrogen) atoms. The lowest BCUT2D eigenvalue weighted by molar-refractivity contribution is 0.404. The fourth-order valence-corrected chi connectivity index (χ4v) is 2.56. The lowest BCUT2D eigenvalue weighted by atomic mass is 9.91. The molecule has 6 heteroatoms. The second kappa shape index (κ2) is 6.21. The highest BCUT2D eigenvalue weighted by atomic mass is 35.5. The van der Waals surface area contributed by atoms with Crippen LogP contribution in [0.1, 0.15) is 25.7 Å². The average Bonchev–Trinajstić information content (AvgIpc) is 2.41. The maximum absolute atomic E-state index is 12.0. The van der Waals surface area contributed by atoms with E-state index in [9.17, 15) is 4.79 Å². The number of nitrogens with one attached hydrogen (secondary N) is 1. The molecule has 1 heterocycles. The van der Waals surface area contributed by atoms with Crippen LogP contribution in [0.25, 0.3) is 0 Å². The normalized spacial score (nSPS) is 23.1. The molecule has 0 saturated heterocycles. The Morgan fingerprint density at radius 2 is 2.32 bits per heavy atom. The molecule has 1 aromatic heterocycles. The van der Waals surface area contributed by atoms with Crippen molar-refractivity contribution in [2.75, 3.05) is 5.32 Å². The van der Waals surface area contributed by atoms with Gasteiger partial charge in [-0.2, -0.15) is 5.10 Å². The van der Waals surface area contributed by atoms with Crippen LogP contribution < -0.4 is 16.6 Å². The standard InChI is InChI=1S/C13H19ClN4O/c1-2-7-18-13(19)12(14)11(8-16-18)17-10-6-4-3-5-9(10)15/h2,8-10,17H,1,3-7,15H2. The Morgan fingerprint density at radius 1 is 1.58 bits per heavy atom. The second-order valence-corrected chi connectivity index (χ2v) is 5.23. The molecular weight excluding hydrogens is 264 g/mol. The van der Waals surface area contributed by atoms with Gasteiger partial charge in [0.15, 0.2) is 0 Å². The van der Waals surface area contributed by atoms with Crippen molar-refractivity contribution in [3.63, 3.8) is 0 Å². The highest BCUT2D eigenvalue weighted by Gasteiger charge is 2.22. The van der Waals surface area contributed by atoms with E-state index in [-0.39, 0.29) is 22.7 Å². The number of hydrogen-bond acceptors (Lipinski definition) is 4. The molecule has 0 spiro atoms. The van der Waals surface area contributed by atoms with Crippen LogP contribution in [0.5, 0.6) is 0 Å². The van der Waals surface area contributed by atoms with Crippen molar-refractivity contribution in [2.45, 2.75) is 44.3 Å². The van der Waals surface area contributed by atoms with E-state index in [0.717, 1.165) is 25.7 Å². The summed E-state index contributed by atoms with van der Waals surface area (Å²) in [7, 11) is 0.